The molecule has 0 aliphatic rings. The van der Waals surface area contributed by atoms with Crippen LogP contribution in [-0.4, -0.2) is 34.9 Å². The predicted octanol–water partition coefficient (Wildman–Crippen LogP) is 8.22. The van der Waals surface area contributed by atoms with Crippen LogP contribution in [0.3, 0.4) is 0 Å². The molecule has 0 unspecified atom stereocenters. The molecule has 7 nitrogen and oxygen atoms in total. The Balaban J connectivity index is 1.31. The third-order valence-corrected chi connectivity index (χ3v) is 7.99. The number of hydrogen-bond donors (Lipinski definition) is 0. The lowest BCUT2D eigenvalue weighted by Crippen LogP contribution is -2.03. The Morgan fingerprint density at radius 2 is 0.795 bits per heavy atom. The van der Waals surface area contributed by atoms with Gasteiger partial charge >= 0.3 is 0 Å². The van der Waals surface area contributed by atoms with Gasteiger partial charge in [0.2, 0.25) is 0 Å². The van der Waals surface area contributed by atoms with E-state index in [-0.39, 0.29) is 0 Å². The molecule has 7 heteroatoms. The van der Waals surface area contributed by atoms with E-state index in [4.69, 9.17) is 24.9 Å². The highest BCUT2D eigenvalue weighted by molar-refractivity contribution is 6.04. The van der Waals surface area contributed by atoms with Crippen molar-refractivity contribution in [3.63, 3.8) is 0 Å². The number of fused-ring (bicyclic) bond motifs is 7. The third-order valence-electron chi connectivity index (χ3n) is 7.99. The lowest BCUT2D eigenvalue weighted by molar-refractivity contribution is 1.05. The molecule has 5 heterocycles. The van der Waals surface area contributed by atoms with Crippen molar-refractivity contribution in [2.45, 2.75) is 0 Å². The molecule has 4 aromatic carbocycles. The Hall–Kier alpha value is -6.21. The molecule has 5 aromatic heterocycles. The Labute approximate surface area is 251 Å². The number of nitrogens with zero attached hydrogens (tertiary/aromatic N) is 7. The fourth-order valence-corrected chi connectivity index (χ4v) is 5.84. The summed E-state index contributed by atoms with van der Waals surface area (Å²) in [7, 11) is 0. The van der Waals surface area contributed by atoms with E-state index in [2.05, 4.69) is 52.4 Å². The molecule has 44 heavy (non-hydrogen) atoms. The molecule has 204 valence electrons. The summed E-state index contributed by atoms with van der Waals surface area (Å²) in [6.07, 6.45) is 3.58. The summed E-state index contributed by atoms with van der Waals surface area (Å²) in [5, 5.41) is 6.22. The fraction of sp³-hybridized carbons (Fsp3) is 0. The van der Waals surface area contributed by atoms with Gasteiger partial charge in [-0.1, -0.05) is 91.0 Å². The Morgan fingerprint density at radius 3 is 1.41 bits per heavy atom. The zero-order valence-corrected chi connectivity index (χ0v) is 23.3. The van der Waals surface area contributed by atoms with Gasteiger partial charge in [-0.15, -0.1) is 0 Å². The Kier molecular flexibility index (Phi) is 5.36. The van der Waals surface area contributed by atoms with E-state index in [9.17, 15) is 0 Å². The van der Waals surface area contributed by atoms with E-state index >= 15 is 0 Å². The molecule has 0 aliphatic heterocycles. The van der Waals surface area contributed by atoms with Gasteiger partial charge in [0.1, 0.15) is 11.4 Å². The molecule has 0 fully saturated rings. The summed E-state index contributed by atoms with van der Waals surface area (Å²) < 4.78 is 0. The van der Waals surface area contributed by atoms with Crippen molar-refractivity contribution >= 4 is 54.4 Å². The monoisotopic (exact) mass is 563 g/mol. The van der Waals surface area contributed by atoms with E-state index in [0.717, 1.165) is 59.9 Å². The second-order valence-corrected chi connectivity index (χ2v) is 10.7. The van der Waals surface area contributed by atoms with E-state index < -0.39 is 0 Å². The van der Waals surface area contributed by atoms with E-state index in [1.807, 2.05) is 72.8 Å². The molecule has 0 spiro atoms. The maximum absolute atomic E-state index is 5.05. The van der Waals surface area contributed by atoms with Crippen molar-refractivity contribution in [1.29, 1.82) is 0 Å². The number of rotatable bonds is 3. The van der Waals surface area contributed by atoms with E-state index in [1.54, 1.807) is 12.4 Å². The van der Waals surface area contributed by atoms with Crippen LogP contribution in [0.25, 0.3) is 88.8 Å². The van der Waals surface area contributed by atoms with Crippen LogP contribution in [0, 0.1) is 0 Å². The lowest BCUT2D eigenvalue weighted by Gasteiger charge is -2.11. The standard InChI is InChI=1S/C37H21N7/c1-2-10-27-22(6-1)7-3-11-28(27)35-42-36(29-18-16-25-14-12-23-8-4-20-38-31(23)33(25)40-29)44-37(43-35)30-19-17-26-15-13-24-9-5-21-39-32(24)34(26)41-30/h1-21H. The quantitative estimate of drug-likeness (QED) is 0.200. The Bertz CT molecular complexity index is 2440. The van der Waals surface area contributed by atoms with Gasteiger partial charge in [0.15, 0.2) is 17.5 Å². The third kappa shape index (κ3) is 3.94. The number of benzene rings is 4. The van der Waals surface area contributed by atoms with Crippen LogP contribution in [-0.2, 0) is 0 Å². The first kappa shape index (κ1) is 24.4. The maximum Gasteiger partial charge on any atom is 0.182 e. The van der Waals surface area contributed by atoms with Gasteiger partial charge in [0, 0.05) is 39.5 Å². The SMILES string of the molecule is c1ccc2c(-c3nc(-c4ccc5ccc6cccnc6c5n4)nc(-c4ccc5ccc6cccnc6c5n4)n3)cccc2c1. The van der Waals surface area contributed by atoms with Gasteiger partial charge < -0.3 is 0 Å². The summed E-state index contributed by atoms with van der Waals surface area (Å²) in [5.74, 6) is 1.48. The van der Waals surface area contributed by atoms with Gasteiger partial charge in [0.05, 0.1) is 22.1 Å². The zero-order valence-electron chi connectivity index (χ0n) is 23.3. The van der Waals surface area contributed by atoms with Gasteiger partial charge in [-0.2, -0.15) is 0 Å². The summed E-state index contributed by atoms with van der Waals surface area (Å²) in [5.41, 5.74) is 5.46. The predicted molar refractivity (Wildman–Crippen MR) is 175 cm³/mol. The first-order chi connectivity index (χ1) is 21.8. The summed E-state index contributed by atoms with van der Waals surface area (Å²) >= 11 is 0. The smallest absolute Gasteiger partial charge is 0.182 e. The number of pyridine rings is 4. The van der Waals surface area contributed by atoms with Gasteiger partial charge in [0.25, 0.3) is 0 Å². The maximum atomic E-state index is 5.05. The van der Waals surface area contributed by atoms with Crippen LogP contribution < -0.4 is 0 Å². The van der Waals surface area contributed by atoms with Crippen LogP contribution in [0.1, 0.15) is 0 Å². The summed E-state index contributed by atoms with van der Waals surface area (Å²) in [6.45, 7) is 0. The highest BCUT2D eigenvalue weighted by Gasteiger charge is 2.17. The largest absolute Gasteiger partial charge is 0.254 e. The van der Waals surface area contributed by atoms with Crippen molar-refractivity contribution in [2.24, 2.45) is 0 Å². The zero-order chi connectivity index (χ0) is 29.0. The topological polar surface area (TPSA) is 90.2 Å². The van der Waals surface area contributed by atoms with Gasteiger partial charge in [-0.3, -0.25) is 9.97 Å². The molecule has 9 rings (SSSR count). The minimum absolute atomic E-state index is 0.464. The second kappa shape index (κ2) is 9.68. The normalized spacial score (nSPS) is 11.6. The van der Waals surface area contributed by atoms with Crippen LogP contribution in [0.15, 0.2) is 128 Å². The van der Waals surface area contributed by atoms with Crippen LogP contribution in [0.2, 0.25) is 0 Å². The van der Waals surface area contributed by atoms with E-state index in [0.29, 0.717) is 28.9 Å². The highest BCUT2D eigenvalue weighted by Crippen LogP contribution is 2.31. The van der Waals surface area contributed by atoms with Crippen molar-refractivity contribution < 1.29 is 0 Å². The Morgan fingerprint density at radius 1 is 0.318 bits per heavy atom. The lowest BCUT2D eigenvalue weighted by atomic mass is 10.0. The van der Waals surface area contributed by atoms with Crippen LogP contribution >= 0.6 is 0 Å². The molecule has 9 aromatic rings. The van der Waals surface area contributed by atoms with Crippen molar-refractivity contribution in [2.75, 3.05) is 0 Å². The average molecular weight is 564 g/mol. The molecule has 0 amide bonds. The molecular formula is C37H21N7. The van der Waals surface area contributed by atoms with Gasteiger partial charge in [-0.05, 0) is 35.0 Å². The molecule has 0 bridgehead atoms. The molecule has 0 aliphatic carbocycles. The summed E-state index contributed by atoms with van der Waals surface area (Å²) in [4.78, 5) is 34.3. The molecule has 0 atom stereocenters. The minimum atomic E-state index is 0.464. The van der Waals surface area contributed by atoms with Crippen LogP contribution in [0.4, 0.5) is 0 Å². The minimum Gasteiger partial charge on any atom is -0.254 e. The average Bonchev–Trinajstić information content (AvgIpc) is 3.10. The van der Waals surface area contributed by atoms with E-state index in [1.165, 1.54) is 0 Å². The second-order valence-electron chi connectivity index (χ2n) is 10.7. The van der Waals surface area contributed by atoms with Crippen molar-refractivity contribution in [1.82, 2.24) is 34.9 Å². The van der Waals surface area contributed by atoms with Crippen LogP contribution in [0.5, 0.6) is 0 Å². The molecule has 0 N–H and O–H groups in total. The molecule has 0 saturated carbocycles. The van der Waals surface area contributed by atoms with Crippen molar-refractivity contribution in [3.8, 4) is 34.4 Å². The highest BCUT2D eigenvalue weighted by atomic mass is 15.1. The van der Waals surface area contributed by atoms with Gasteiger partial charge in [-0.25, -0.2) is 24.9 Å². The first-order valence-corrected chi connectivity index (χ1v) is 14.3. The van der Waals surface area contributed by atoms with Crippen molar-refractivity contribution in [3.05, 3.63) is 128 Å². The number of hydrogen-bond acceptors (Lipinski definition) is 7. The fourth-order valence-electron chi connectivity index (χ4n) is 5.84. The number of aromatic nitrogens is 7. The first-order valence-electron chi connectivity index (χ1n) is 14.3. The summed E-state index contributed by atoms with van der Waals surface area (Å²) in [6, 6.07) is 38.6. The molecule has 0 radical (unpaired) electrons. The molecule has 0 saturated heterocycles. The molecular weight excluding hydrogens is 542 g/mol.